The number of carbonyl (C=O) groups is 1. The smallest absolute Gasteiger partial charge is 0.256 e. The van der Waals surface area contributed by atoms with Crippen molar-refractivity contribution in [2.75, 3.05) is 11.6 Å². The molecule has 0 aliphatic carbocycles. The van der Waals surface area contributed by atoms with Crippen LogP contribution in [0.15, 0.2) is 52.7 Å². The quantitative estimate of drug-likeness (QED) is 0.537. The van der Waals surface area contributed by atoms with E-state index in [4.69, 9.17) is 0 Å². The van der Waals surface area contributed by atoms with Crippen LogP contribution in [-0.4, -0.2) is 35.3 Å². The summed E-state index contributed by atoms with van der Waals surface area (Å²) in [6.07, 6.45) is 1.11. The van der Waals surface area contributed by atoms with Crippen LogP contribution in [0, 0.1) is 6.92 Å². The van der Waals surface area contributed by atoms with Gasteiger partial charge in [0.15, 0.2) is 15.5 Å². The van der Waals surface area contributed by atoms with E-state index in [1.54, 1.807) is 36.0 Å². The monoisotopic (exact) mass is 426 g/mol. The van der Waals surface area contributed by atoms with Crippen LogP contribution in [0.4, 0.5) is 5.69 Å². The van der Waals surface area contributed by atoms with E-state index in [1.807, 2.05) is 24.4 Å². The van der Waals surface area contributed by atoms with Gasteiger partial charge in [0.05, 0.1) is 37.8 Å². The second kappa shape index (κ2) is 7.09. The van der Waals surface area contributed by atoms with Gasteiger partial charge in [0.2, 0.25) is 0 Å². The Bertz CT molecular complexity index is 1340. The molecule has 9 heteroatoms. The van der Waals surface area contributed by atoms with Gasteiger partial charge in [-0.05, 0) is 36.6 Å². The van der Waals surface area contributed by atoms with Gasteiger partial charge in [0.1, 0.15) is 0 Å². The van der Waals surface area contributed by atoms with Gasteiger partial charge in [-0.25, -0.2) is 13.4 Å². The minimum Gasteiger partial charge on any atom is -0.321 e. The first-order chi connectivity index (χ1) is 13.8. The Hall–Kier alpha value is -3.04. The molecule has 0 unspecified atom stereocenters. The number of rotatable bonds is 4. The summed E-state index contributed by atoms with van der Waals surface area (Å²) in [7, 11) is -1.71. The molecule has 0 fully saturated rings. The number of aromatic nitrogens is 3. The first-order valence-electron chi connectivity index (χ1n) is 8.74. The lowest BCUT2D eigenvalue weighted by Gasteiger charge is -2.11. The number of nitrogens with one attached hydrogen (secondary N) is 1. The third-order valence-electron chi connectivity index (χ3n) is 4.52. The predicted molar refractivity (Wildman–Crippen MR) is 114 cm³/mol. The van der Waals surface area contributed by atoms with Crippen molar-refractivity contribution in [2.24, 2.45) is 7.05 Å². The van der Waals surface area contributed by atoms with Gasteiger partial charge < -0.3 is 5.32 Å². The van der Waals surface area contributed by atoms with Gasteiger partial charge in [-0.2, -0.15) is 5.10 Å². The van der Waals surface area contributed by atoms with Crippen molar-refractivity contribution in [3.8, 4) is 10.6 Å². The van der Waals surface area contributed by atoms with Gasteiger partial charge in [0, 0.05) is 13.3 Å². The maximum Gasteiger partial charge on any atom is 0.256 e. The van der Waals surface area contributed by atoms with Gasteiger partial charge >= 0.3 is 0 Å². The normalized spacial score (nSPS) is 11.7. The van der Waals surface area contributed by atoms with Gasteiger partial charge in [-0.1, -0.05) is 18.2 Å². The molecule has 0 saturated heterocycles. The summed E-state index contributed by atoms with van der Waals surface area (Å²) in [6, 6.07) is 11.9. The topological polar surface area (TPSA) is 93.9 Å². The van der Waals surface area contributed by atoms with Crippen LogP contribution < -0.4 is 5.32 Å². The Labute approximate surface area is 171 Å². The summed E-state index contributed by atoms with van der Waals surface area (Å²) >= 11 is 1.52. The van der Waals surface area contributed by atoms with E-state index in [0.29, 0.717) is 28.0 Å². The maximum atomic E-state index is 13.2. The standard InChI is InChI=1S/C20H18N4O3S2/c1-12-18-13(20(25)22-14-7-4-5-9-17(14)29(3,26)27)11-15(16-8-6-10-28-16)21-19(18)24(2)23-12/h4-11H,1-3H3,(H,22,25). The molecule has 0 aliphatic rings. The highest BCUT2D eigenvalue weighted by Gasteiger charge is 2.21. The largest absolute Gasteiger partial charge is 0.321 e. The molecule has 0 aliphatic heterocycles. The zero-order valence-electron chi connectivity index (χ0n) is 16.0. The summed E-state index contributed by atoms with van der Waals surface area (Å²) in [4.78, 5) is 18.9. The van der Waals surface area contributed by atoms with Crippen LogP contribution in [0.25, 0.3) is 21.6 Å². The fraction of sp³-hybridized carbons (Fsp3) is 0.150. The summed E-state index contributed by atoms with van der Waals surface area (Å²) in [5.74, 6) is -0.414. The molecule has 0 spiro atoms. The zero-order valence-corrected chi connectivity index (χ0v) is 17.6. The van der Waals surface area contributed by atoms with E-state index < -0.39 is 15.7 Å². The van der Waals surface area contributed by atoms with E-state index in [-0.39, 0.29) is 10.6 Å². The average molecular weight is 427 g/mol. The number of pyridine rings is 1. The molecule has 1 N–H and O–H groups in total. The fourth-order valence-electron chi connectivity index (χ4n) is 3.26. The molecule has 3 aromatic heterocycles. The lowest BCUT2D eigenvalue weighted by atomic mass is 10.1. The van der Waals surface area contributed by atoms with Crippen molar-refractivity contribution >= 4 is 43.8 Å². The van der Waals surface area contributed by atoms with Gasteiger partial charge in [-0.3, -0.25) is 9.48 Å². The minimum absolute atomic E-state index is 0.0695. The Morgan fingerprint density at radius 2 is 1.93 bits per heavy atom. The third-order valence-corrected chi connectivity index (χ3v) is 6.57. The van der Waals surface area contributed by atoms with Crippen LogP contribution in [0.3, 0.4) is 0 Å². The number of benzene rings is 1. The Kier molecular flexibility index (Phi) is 4.71. The van der Waals surface area contributed by atoms with Crippen LogP contribution in [-0.2, 0) is 16.9 Å². The van der Waals surface area contributed by atoms with Gasteiger partial charge in [-0.15, -0.1) is 11.3 Å². The van der Waals surface area contributed by atoms with Crippen molar-refractivity contribution in [1.29, 1.82) is 0 Å². The summed E-state index contributed by atoms with van der Waals surface area (Å²) in [5.41, 5.74) is 2.57. The summed E-state index contributed by atoms with van der Waals surface area (Å²) < 4.78 is 25.8. The second-order valence-electron chi connectivity index (χ2n) is 6.66. The number of hydrogen-bond donors (Lipinski definition) is 1. The van der Waals surface area contributed by atoms with Crippen molar-refractivity contribution in [2.45, 2.75) is 11.8 Å². The predicted octanol–water partition coefficient (Wildman–Crippen LogP) is 3.66. The molecule has 0 atom stereocenters. The number of hydrogen-bond acceptors (Lipinski definition) is 6. The highest BCUT2D eigenvalue weighted by molar-refractivity contribution is 7.90. The number of thiophene rings is 1. The van der Waals surface area contributed by atoms with Crippen molar-refractivity contribution in [1.82, 2.24) is 14.8 Å². The molecule has 4 aromatic rings. The molecule has 148 valence electrons. The highest BCUT2D eigenvalue weighted by atomic mass is 32.2. The zero-order chi connectivity index (χ0) is 20.8. The summed E-state index contributed by atoms with van der Waals surface area (Å²) in [5, 5.41) is 9.74. The third kappa shape index (κ3) is 3.54. The lowest BCUT2D eigenvalue weighted by Crippen LogP contribution is -2.15. The van der Waals surface area contributed by atoms with E-state index in [0.717, 1.165) is 11.1 Å². The molecular formula is C20H18N4O3S2. The number of anilines is 1. The van der Waals surface area contributed by atoms with Crippen LogP contribution in [0.2, 0.25) is 0 Å². The first-order valence-corrected chi connectivity index (χ1v) is 11.5. The fourth-order valence-corrected chi connectivity index (χ4v) is 4.79. The maximum absolute atomic E-state index is 13.2. The molecule has 3 heterocycles. The average Bonchev–Trinajstić information content (AvgIpc) is 3.29. The van der Waals surface area contributed by atoms with Crippen molar-refractivity contribution in [3.63, 3.8) is 0 Å². The number of para-hydroxylation sites is 1. The second-order valence-corrected chi connectivity index (χ2v) is 9.59. The van der Waals surface area contributed by atoms with Gasteiger partial charge in [0.25, 0.3) is 5.91 Å². The molecular weight excluding hydrogens is 408 g/mol. The number of amides is 1. The van der Waals surface area contributed by atoms with E-state index in [1.165, 1.54) is 17.4 Å². The highest BCUT2D eigenvalue weighted by Crippen LogP contribution is 2.30. The summed E-state index contributed by atoms with van der Waals surface area (Å²) in [6.45, 7) is 1.82. The number of aryl methyl sites for hydroxylation is 2. The molecule has 0 radical (unpaired) electrons. The molecule has 0 bridgehead atoms. The lowest BCUT2D eigenvalue weighted by molar-refractivity contribution is 0.102. The number of fused-ring (bicyclic) bond motifs is 1. The molecule has 1 amide bonds. The first kappa shape index (κ1) is 19.3. The van der Waals surface area contributed by atoms with Crippen molar-refractivity contribution in [3.05, 3.63) is 59.1 Å². The Morgan fingerprint density at radius 1 is 1.17 bits per heavy atom. The van der Waals surface area contributed by atoms with Crippen molar-refractivity contribution < 1.29 is 13.2 Å². The number of sulfone groups is 1. The molecule has 4 rings (SSSR count). The Morgan fingerprint density at radius 3 is 2.62 bits per heavy atom. The Balaban J connectivity index is 1.87. The number of carbonyl (C=O) groups excluding carboxylic acids is 1. The molecule has 1 aromatic carbocycles. The molecule has 0 saturated carbocycles. The van der Waals surface area contributed by atoms with Crippen LogP contribution in [0.5, 0.6) is 0 Å². The number of nitrogens with zero attached hydrogens (tertiary/aromatic N) is 3. The van der Waals surface area contributed by atoms with Crippen LogP contribution in [0.1, 0.15) is 16.1 Å². The molecule has 29 heavy (non-hydrogen) atoms. The minimum atomic E-state index is -3.49. The van der Waals surface area contributed by atoms with E-state index >= 15 is 0 Å². The van der Waals surface area contributed by atoms with E-state index in [2.05, 4.69) is 15.4 Å². The van der Waals surface area contributed by atoms with Crippen LogP contribution >= 0.6 is 11.3 Å². The SMILES string of the molecule is Cc1nn(C)c2nc(-c3cccs3)cc(C(=O)Nc3ccccc3S(C)(=O)=O)c12. The molecule has 7 nitrogen and oxygen atoms in total. The van der Waals surface area contributed by atoms with E-state index in [9.17, 15) is 13.2 Å².